The maximum atomic E-state index is 10.8. The normalized spacial score (nSPS) is 25.7. The van der Waals surface area contributed by atoms with E-state index >= 15 is 0 Å². The van der Waals surface area contributed by atoms with E-state index in [1.54, 1.807) is 6.92 Å². The lowest BCUT2D eigenvalue weighted by Gasteiger charge is -1.97. The molecule has 0 spiro atoms. The second-order valence-corrected chi connectivity index (χ2v) is 4.92. The first kappa shape index (κ1) is 8.75. The second-order valence-electron chi connectivity index (χ2n) is 3.60. The summed E-state index contributed by atoms with van der Waals surface area (Å²) in [7, 11) is 0. The molecule has 0 aromatic carbocycles. The van der Waals surface area contributed by atoms with Crippen molar-refractivity contribution in [1.82, 2.24) is 5.32 Å². The number of carbonyl (C=O) groups excluding carboxylic acids is 1. The van der Waals surface area contributed by atoms with Gasteiger partial charge in [0.2, 0.25) is 5.91 Å². The van der Waals surface area contributed by atoms with Gasteiger partial charge in [0.1, 0.15) is 0 Å². The van der Waals surface area contributed by atoms with E-state index in [9.17, 15) is 4.79 Å². The predicted molar refractivity (Wildman–Crippen MR) is 54.0 cm³/mol. The van der Waals surface area contributed by atoms with Gasteiger partial charge in [-0.15, -0.1) is 11.3 Å². The summed E-state index contributed by atoms with van der Waals surface area (Å²) in [6, 6.07) is 4.71. The second kappa shape index (κ2) is 3.14. The van der Waals surface area contributed by atoms with Crippen LogP contribution < -0.4 is 5.32 Å². The van der Waals surface area contributed by atoms with Crippen molar-refractivity contribution in [3.05, 3.63) is 21.9 Å². The molecule has 0 aliphatic heterocycles. The Labute approximate surface area is 82.0 Å². The lowest BCUT2D eigenvalue weighted by Crippen LogP contribution is -2.23. The van der Waals surface area contributed by atoms with Crippen molar-refractivity contribution in [3.8, 4) is 0 Å². The Morgan fingerprint density at radius 3 is 2.92 bits per heavy atom. The molecule has 2 unspecified atom stereocenters. The molecule has 1 amide bonds. The van der Waals surface area contributed by atoms with Crippen LogP contribution in [0.3, 0.4) is 0 Å². The van der Waals surface area contributed by atoms with Crippen LogP contribution in [0.15, 0.2) is 12.1 Å². The molecule has 1 N–H and O–H groups in total. The largest absolute Gasteiger partial charge is 0.353 e. The lowest BCUT2D eigenvalue weighted by molar-refractivity contribution is -0.119. The minimum Gasteiger partial charge on any atom is -0.353 e. The standard InChI is InChI=1S/C10H13NOS/c1-6-3-4-10(13-6)8-5-9(8)11-7(2)12/h3-4,8-9H,5H2,1-2H3,(H,11,12). The molecule has 1 aliphatic rings. The fraction of sp³-hybridized carbons (Fsp3) is 0.500. The van der Waals surface area contributed by atoms with Crippen molar-refractivity contribution in [1.29, 1.82) is 0 Å². The van der Waals surface area contributed by atoms with E-state index in [4.69, 9.17) is 0 Å². The highest BCUT2D eigenvalue weighted by Gasteiger charge is 2.39. The van der Waals surface area contributed by atoms with Gasteiger partial charge < -0.3 is 5.32 Å². The van der Waals surface area contributed by atoms with Crippen molar-refractivity contribution in [2.24, 2.45) is 0 Å². The van der Waals surface area contributed by atoms with Gasteiger partial charge in [-0.2, -0.15) is 0 Å². The highest BCUT2D eigenvalue weighted by Crippen LogP contribution is 2.43. The van der Waals surface area contributed by atoms with Crippen LogP contribution in [-0.4, -0.2) is 11.9 Å². The van der Waals surface area contributed by atoms with Gasteiger partial charge in [0.15, 0.2) is 0 Å². The Bertz CT molecular complexity index is 331. The number of hydrogen-bond donors (Lipinski definition) is 1. The molecule has 0 saturated heterocycles. The van der Waals surface area contributed by atoms with Gasteiger partial charge in [-0.1, -0.05) is 0 Å². The minimum absolute atomic E-state index is 0.0841. The van der Waals surface area contributed by atoms with Crippen molar-refractivity contribution in [2.75, 3.05) is 0 Å². The van der Waals surface area contributed by atoms with Crippen molar-refractivity contribution in [2.45, 2.75) is 32.2 Å². The van der Waals surface area contributed by atoms with E-state index < -0.39 is 0 Å². The minimum atomic E-state index is 0.0841. The lowest BCUT2D eigenvalue weighted by atomic mass is 10.3. The van der Waals surface area contributed by atoms with Gasteiger partial charge in [-0.05, 0) is 25.5 Å². The highest BCUT2D eigenvalue weighted by molar-refractivity contribution is 7.12. The molecular weight excluding hydrogens is 182 g/mol. The van der Waals surface area contributed by atoms with E-state index in [1.807, 2.05) is 11.3 Å². The summed E-state index contributed by atoms with van der Waals surface area (Å²) >= 11 is 1.84. The average Bonchev–Trinajstić information content (AvgIpc) is 2.63. The molecule has 2 nitrogen and oxygen atoms in total. The molecule has 1 fully saturated rings. The third kappa shape index (κ3) is 1.91. The molecule has 1 aromatic heterocycles. The number of rotatable bonds is 2. The first-order chi connectivity index (χ1) is 6.16. The van der Waals surface area contributed by atoms with E-state index in [0.717, 1.165) is 6.42 Å². The molecule has 0 bridgehead atoms. The Kier molecular flexibility index (Phi) is 2.12. The summed E-state index contributed by atoms with van der Waals surface area (Å²) < 4.78 is 0. The van der Waals surface area contributed by atoms with Crippen LogP contribution in [0.4, 0.5) is 0 Å². The highest BCUT2D eigenvalue weighted by atomic mass is 32.1. The summed E-state index contributed by atoms with van der Waals surface area (Å²) in [4.78, 5) is 13.5. The zero-order chi connectivity index (χ0) is 9.42. The number of nitrogens with one attached hydrogen (secondary N) is 1. The smallest absolute Gasteiger partial charge is 0.217 e. The summed E-state index contributed by atoms with van der Waals surface area (Å²) in [6.45, 7) is 3.69. The zero-order valence-corrected chi connectivity index (χ0v) is 8.65. The number of thiophene rings is 1. The predicted octanol–water partition coefficient (Wildman–Crippen LogP) is 2.05. The summed E-state index contributed by atoms with van der Waals surface area (Å²) in [5, 5.41) is 2.94. The molecular formula is C10H13NOS. The maximum Gasteiger partial charge on any atom is 0.217 e. The third-order valence-electron chi connectivity index (χ3n) is 2.31. The Morgan fingerprint density at radius 2 is 2.38 bits per heavy atom. The first-order valence-corrected chi connectivity index (χ1v) is 5.32. The molecule has 70 valence electrons. The van der Waals surface area contributed by atoms with Crippen LogP contribution in [0.2, 0.25) is 0 Å². The van der Waals surface area contributed by atoms with Gasteiger partial charge in [0.25, 0.3) is 0 Å². The maximum absolute atomic E-state index is 10.8. The molecule has 0 radical (unpaired) electrons. The Hall–Kier alpha value is -0.830. The van der Waals surface area contributed by atoms with Gasteiger partial charge in [-0.25, -0.2) is 0 Å². The van der Waals surface area contributed by atoms with Crippen molar-refractivity contribution < 1.29 is 4.79 Å². The van der Waals surface area contributed by atoms with Crippen LogP contribution in [0.5, 0.6) is 0 Å². The van der Waals surface area contributed by atoms with Crippen LogP contribution >= 0.6 is 11.3 Å². The van der Waals surface area contributed by atoms with Gasteiger partial charge in [0, 0.05) is 28.6 Å². The molecule has 1 saturated carbocycles. The monoisotopic (exact) mass is 195 g/mol. The SMILES string of the molecule is CC(=O)NC1CC1c1ccc(C)s1. The van der Waals surface area contributed by atoms with Gasteiger partial charge in [-0.3, -0.25) is 4.79 Å². The summed E-state index contributed by atoms with van der Waals surface area (Å²) in [5.74, 6) is 0.670. The molecule has 13 heavy (non-hydrogen) atoms. The van der Waals surface area contributed by atoms with Crippen molar-refractivity contribution in [3.63, 3.8) is 0 Å². The van der Waals surface area contributed by atoms with Crippen molar-refractivity contribution >= 4 is 17.2 Å². The average molecular weight is 195 g/mol. The topological polar surface area (TPSA) is 29.1 Å². The van der Waals surface area contributed by atoms with E-state index in [2.05, 4.69) is 24.4 Å². The van der Waals surface area contributed by atoms with Crippen LogP contribution in [0, 0.1) is 6.92 Å². The first-order valence-electron chi connectivity index (χ1n) is 4.50. The quantitative estimate of drug-likeness (QED) is 0.769. The summed E-state index contributed by atoms with van der Waals surface area (Å²) in [6.07, 6.45) is 1.11. The zero-order valence-electron chi connectivity index (χ0n) is 7.83. The third-order valence-corrected chi connectivity index (χ3v) is 3.44. The molecule has 1 aromatic rings. The van der Waals surface area contributed by atoms with E-state index in [1.165, 1.54) is 9.75 Å². The fourth-order valence-corrected chi connectivity index (χ4v) is 2.64. The molecule has 3 heteroatoms. The van der Waals surface area contributed by atoms with Crippen LogP contribution in [0.1, 0.15) is 29.0 Å². The number of amides is 1. The number of aryl methyl sites for hydroxylation is 1. The summed E-state index contributed by atoms with van der Waals surface area (Å²) in [5.41, 5.74) is 0. The van der Waals surface area contributed by atoms with Crippen LogP contribution in [-0.2, 0) is 4.79 Å². The van der Waals surface area contributed by atoms with Crippen LogP contribution in [0.25, 0.3) is 0 Å². The van der Waals surface area contributed by atoms with E-state index in [0.29, 0.717) is 12.0 Å². The Balaban J connectivity index is 1.96. The molecule has 2 atom stereocenters. The number of carbonyl (C=O) groups is 1. The fourth-order valence-electron chi connectivity index (χ4n) is 1.58. The Morgan fingerprint density at radius 1 is 1.62 bits per heavy atom. The number of hydrogen-bond acceptors (Lipinski definition) is 2. The molecule has 1 heterocycles. The van der Waals surface area contributed by atoms with E-state index in [-0.39, 0.29) is 5.91 Å². The van der Waals surface area contributed by atoms with Gasteiger partial charge >= 0.3 is 0 Å². The molecule has 2 rings (SSSR count). The molecule has 1 aliphatic carbocycles. The van der Waals surface area contributed by atoms with Gasteiger partial charge in [0.05, 0.1) is 0 Å².